The van der Waals surface area contributed by atoms with Crippen molar-refractivity contribution < 1.29 is 14.3 Å². The smallest absolute Gasteiger partial charge is 0.146 e. The van der Waals surface area contributed by atoms with Gasteiger partial charge in [-0.15, -0.1) is 0 Å². The van der Waals surface area contributed by atoms with Crippen molar-refractivity contribution in [3.05, 3.63) is 17.7 Å². The summed E-state index contributed by atoms with van der Waals surface area (Å²) in [6.45, 7) is 4.48. The molecule has 0 unspecified atom stereocenters. The van der Waals surface area contributed by atoms with E-state index in [9.17, 15) is 4.79 Å². The van der Waals surface area contributed by atoms with E-state index in [4.69, 9.17) is 9.47 Å². The lowest BCUT2D eigenvalue weighted by molar-refractivity contribution is -0.117. The summed E-state index contributed by atoms with van der Waals surface area (Å²) in [4.78, 5) is 13.1. The molecule has 0 amide bonds. The van der Waals surface area contributed by atoms with Gasteiger partial charge in [-0.1, -0.05) is 0 Å². The van der Waals surface area contributed by atoms with Gasteiger partial charge in [0.15, 0.2) is 0 Å². The minimum absolute atomic E-state index is 0.229. The Bertz CT molecular complexity index is 443. The standard InChI is InChI=1S/C15H23NO3/c1-11-9-13(18-4)10-14(19-5)15(11)16(3)8-6-7-12(2)17/h9-10H,6-8H2,1-5H3. The molecule has 0 atom stereocenters. The highest BCUT2D eigenvalue weighted by molar-refractivity contribution is 5.75. The number of Topliss-reactive ketones (excluding diaryl/α,β-unsaturated/α-hetero) is 1. The van der Waals surface area contributed by atoms with E-state index >= 15 is 0 Å². The molecule has 0 fully saturated rings. The zero-order chi connectivity index (χ0) is 14.4. The van der Waals surface area contributed by atoms with Crippen LogP contribution in [0.5, 0.6) is 11.5 Å². The van der Waals surface area contributed by atoms with E-state index in [0.717, 1.165) is 35.7 Å². The molecule has 0 spiro atoms. The number of carbonyl (C=O) groups is 1. The largest absolute Gasteiger partial charge is 0.497 e. The van der Waals surface area contributed by atoms with Crippen molar-refractivity contribution in [2.75, 3.05) is 32.7 Å². The lowest BCUT2D eigenvalue weighted by atomic mass is 10.1. The van der Waals surface area contributed by atoms with Crippen LogP contribution in [0, 0.1) is 6.92 Å². The van der Waals surface area contributed by atoms with Gasteiger partial charge in [-0.05, 0) is 31.9 Å². The third-order valence-corrected chi connectivity index (χ3v) is 3.10. The molecule has 1 aromatic carbocycles. The number of anilines is 1. The second-order valence-corrected chi connectivity index (χ2v) is 4.72. The fraction of sp³-hybridized carbons (Fsp3) is 0.533. The zero-order valence-corrected chi connectivity index (χ0v) is 12.4. The van der Waals surface area contributed by atoms with Gasteiger partial charge < -0.3 is 19.2 Å². The second kappa shape index (κ2) is 7.02. The first-order valence-electron chi connectivity index (χ1n) is 6.42. The van der Waals surface area contributed by atoms with Crippen LogP contribution in [-0.2, 0) is 4.79 Å². The third-order valence-electron chi connectivity index (χ3n) is 3.10. The lowest BCUT2D eigenvalue weighted by Gasteiger charge is -2.24. The molecule has 0 aliphatic heterocycles. The molecule has 0 bridgehead atoms. The van der Waals surface area contributed by atoms with Gasteiger partial charge in [-0.2, -0.15) is 0 Å². The normalized spacial score (nSPS) is 10.2. The fourth-order valence-corrected chi connectivity index (χ4v) is 2.15. The summed E-state index contributed by atoms with van der Waals surface area (Å²) in [7, 11) is 5.31. The van der Waals surface area contributed by atoms with Crippen LogP contribution < -0.4 is 14.4 Å². The number of benzene rings is 1. The zero-order valence-electron chi connectivity index (χ0n) is 12.4. The van der Waals surface area contributed by atoms with Gasteiger partial charge in [0, 0.05) is 26.1 Å². The van der Waals surface area contributed by atoms with E-state index in [1.165, 1.54) is 0 Å². The molecule has 4 nitrogen and oxygen atoms in total. The minimum Gasteiger partial charge on any atom is -0.497 e. The van der Waals surface area contributed by atoms with E-state index in [1.54, 1.807) is 21.1 Å². The van der Waals surface area contributed by atoms with Crippen LogP contribution in [0.25, 0.3) is 0 Å². The van der Waals surface area contributed by atoms with Crippen molar-refractivity contribution >= 4 is 11.5 Å². The first-order chi connectivity index (χ1) is 8.99. The summed E-state index contributed by atoms with van der Waals surface area (Å²) in [5.74, 6) is 1.81. The molecule has 0 heterocycles. The Morgan fingerprint density at radius 2 is 1.95 bits per heavy atom. The molecular formula is C15H23NO3. The quantitative estimate of drug-likeness (QED) is 0.760. The predicted molar refractivity (Wildman–Crippen MR) is 77.5 cm³/mol. The van der Waals surface area contributed by atoms with Gasteiger partial charge in [0.2, 0.25) is 0 Å². The molecule has 0 aliphatic carbocycles. The molecule has 4 heteroatoms. The molecule has 0 aromatic heterocycles. The Kier molecular flexibility index (Phi) is 5.67. The Balaban J connectivity index is 2.88. The number of aryl methyl sites for hydroxylation is 1. The maximum atomic E-state index is 11.0. The number of ether oxygens (including phenoxy) is 2. The van der Waals surface area contributed by atoms with E-state index in [1.807, 2.05) is 26.1 Å². The van der Waals surface area contributed by atoms with Crippen molar-refractivity contribution in [3.63, 3.8) is 0 Å². The predicted octanol–water partition coefficient (Wildman–Crippen LogP) is 2.82. The highest BCUT2D eigenvalue weighted by Crippen LogP contribution is 2.35. The van der Waals surface area contributed by atoms with Gasteiger partial charge in [0.05, 0.1) is 19.9 Å². The van der Waals surface area contributed by atoms with Crippen LogP contribution >= 0.6 is 0 Å². The van der Waals surface area contributed by atoms with Gasteiger partial charge in [0.1, 0.15) is 17.3 Å². The Labute approximate surface area is 115 Å². The number of methoxy groups -OCH3 is 2. The highest BCUT2D eigenvalue weighted by Gasteiger charge is 2.13. The topological polar surface area (TPSA) is 38.8 Å². The summed E-state index contributed by atoms with van der Waals surface area (Å²) in [6, 6.07) is 3.86. The van der Waals surface area contributed by atoms with E-state index < -0.39 is 0 Å². The Morgan fingerprint density at radius 1 is 1.26 bits per heavy atom. The van der Waals surface area contributed by atoms with Gasteiger partial charge in [-0.25, -0.2) is 0 Å². The SMILES string of the molecule is COc1cc(C)c(N(C)CCCC(C)=O)c(OC)c1. The Morgan fingerprint density at radius 3 is 2.47 bits per heavy atom. The van der Waals surface area contributed by atoms with Crippen molar-refractivity contribution in [1.29, 1.82) is 0 Å². The van der Waals surface area contributed by atoms with Crippen molar-refractivity contribution in [2.45, 2.75) is 26.7 Å². The van der Waals surface area contributed by atoms with E-state index in [2.05, 4.69) is 4.90 Å². The molecule has 0 saturated carbocycles. The molecule has 19 heavy (non-hydrogen) atoms. The van der Waals surface area contributed by atoms with Gasteiger partial charge >= 0.3 is 0 Å². The molecule has 106 valence electrons. The summed E-state index contributed by atoms with van der Waals surface area (Å²) in [5.41, 5.74) is 2.15. The monoisotopic (exact) mass is 265 g/mol. The molecule has 0 radical (unpaired) electrons. The van der Waals surface area contributed by atoms with E-state index in [-0.39, 0.29) is 5.78 Å². The number of hydrogen-bond donors (Lipinski definition) is 0. The number of rotatable bonds is 7. The number of ketones is 1. The molecule has 0 saturated heterocycles. The second-order valence-electron chi connectivity index (χ2n) is 4.72. The van der Waals surface area contributed by atoms with Crippen LogP contribution in [0.3, 0.4) is 0 Å². The summed E-state index contributed by atoms with van der Waals surface area (Å²) in [5, 5.41) is 0. The van der Waals surface area contributed by atoms with Gasteiger partial charge in [-0.3, -0.25) is 0 Å². The summed E-state index contributed by atoms with van der Waals surface area (Å²) in [6.07, 6.45) is 1.46. The molecule has 1 aromatic rings. The number of nitrogens with zero attached hydrogens (tertiary/aromatic N) is 1. The van der Waals surface area contributed by atoms with Crippen molar-refractivity contribution in [3.8, 4) is 11.5 Å². The maximum Gasteiger partial charge on any atom is 0.146 e. The average molecular weight is 265 g/mol. The number of hydrogen-bond acceptors (Lipinski definition) is 4. The average Bonchev–Trinajstić information content (AvgIpc) is 2.36. The highest BCUT2D eigenvalue weighted by atomic mass is 16.5. The summed E-state index contributed by atoms with van der Waals surface area (Å²) < 4.78 is 10.7. The maximum absolute atomic E-state index is 11.0. The summed E-state index contributed by atoms with van der Waals surface area (Å²) >= 11 is 0. The fourth-order valence-electron chi connectivity index (χ4n) is 2.15. The van der Waals surface area contributed by atoms with Crippen LogP contribution in [-0.4, -0.2) is 33.6 Å². The van der Waals surface area contributed by atoms with Crippen LogP contribution in [0.2, 0.25) is 0 Å². The van der Waals surface area contributed by atoms with Crippen molar-refractivity contribution in [2.24, 2.45) is 0 Å². The van der Waals surface area contributed by atoms with Gasteiger partial charge in [0.25, 0.3) is 0 Å². The molecule has 0 N–H and O–H groups in total. The van der Waals surface area contributed by atoms with Crippen LogP contribution in [0.15, 0.2) is 12.1 Å². The molecular weight excluding hydrogens is 242 g/mol. The first-order valence-corrected chi connectivity index (χ1v) is 6.42. The molecule has 0 aliphatic rings. The number of carbonyl (C=O) groups excluding carboxylic acids is 1. The van der Waals surface area contributed by atoms with Crippen LogP contribution in [0.4, 0.5) is 5.69 Å². The van der Waals surface area contributed by atoms with Crippen molar-refractivity contribution in [1.82, 2.24) is 0 Å². The van der Waals surface area contributed by atoms with E-state index in [0.29, 0.717) is 6.42 Å². The molecule has 1 rings (SSSR count). The lowest BCUT2D eigenvalue weighted by Crippen LogP contribution is -2.20. The third kappa shape index (κ3) is 4.16. The first kappa shape index (κ1) is 15.3. The Hall–Kier alpha value is -1.71. The minimum atomic E-state index is 0.229. The van der Waals surface area contributed by atoms with Crippen LogP contribution in [0.1, 0.15) is 25.3 Å².